The lowest BCUT2D eigenvalue weighted by molar-refractivity contribution is -0.385. The van der Waals surface area contributed by atoms with Crippen LogP contribution in [0.2, 0.25) is 5.15 Å². The SMILES string of the molecule is C[C@@H](NC(=O)c1cc(Cl)ncc1[N+](=O)[O-])c1ccccc1. The molecular weight excluding hydrogens is 294 g/mol. The smallest absolute Gasteiger partial charge is 0.300 e. The van der Waals surface area contributed by atoms with E-state index >= 15 is 0 Å². The van der Waals surface area contributed by atoms with Crippen molar-refractivity contribution in [1.29, 1.82) is 0 Å². The van der Waals surface area contributed by atoms with Crippen LogP contribution in [0, 0.1) is 10.1 Å². The third kappa shape index (κ3) is 3.55. The lowest BCUT2D eigenvalue weighted by Crippen LogP contribution is -2.27. The molecule has 0 saturated heterocycles. The molecular formula is C14H12ClN3O3. The number of carbonyl (C=O) groups excluding carboxylic acids is 1. The Balaban J connectivity index is 2.25. The molecule has 0 spiro atoms. The fourth-order valence-corrected chi connectivity index (χ4v) is 2.01. The summed E-state index contributed by atoms with van der Waals surface area (Å²) in [5.41, 5.74) is 0.411. The van der Waals surface area contributed by atoms with Gasteiger partial charge in [0.05, 0.1) is 11.0 Å². The molecule has 2 aromatic rings. The van der Waals surface area contributed by atoms with E-state index in [1.54, 1.807) is 6.92 Å². The number of pyridine rings is 1. The average molecular weight is 306 g/mol. The van der Waals surface area contributed by atoms with Gasteiger partial charge in [-0.15, -0.1) is 0 Å². The summed E-state index contributed by atoms with van der Waals surface area (Å²) in [6.45, 7) is 1.79. The summed E-state index contributed by atoms with van der Waals surface area (Å²) in [5, 5.41) is 13.7. The lowest BCUT2D eigenvalue weighted by Gasteiger charge is -2.14. The second-order valence-corrected chi connectivity index (χ2v) is 4.77. The molecule has 0 aliphatic heterocycles. The van der Waals surface area contributed by atoms with E-state index in [4.69, 9.17) is 11.6 Å². The quantitative estimate of drug-likeness (QED) is 0.534. The number of nitrogens with zero attached hydrogens (tertiary/aromatic N) is 2. The fraction of sp³-hybridized carbons (Fsp3) is 0.143. The maximum atomic E-state index is 12.2. The number of amides is 1. The Morgan fingerprint density at radius 2 is 2.05 bits per heavy atom. The van der Waals surface area contributed by atoms with E-state index in [9.17, 15) is 14.9 Å². The van der Waals surface area contributed by atoms with Crippen LogP contribution in [0.15, 0.2) is 42.6 Å². The molecule has 0 fully saturated rings. The van der Waals surface area contributed by atoms with E-state index in [0.717, 1.165) is 11.8 Å². The van der Waals surface area contributed by atoms with Crippen molar-refractivity contribution in [2.45, 2.75) is 13.0 Å². The normalized spacial score (nSPS) is 11.7. The Morgan fingerprint density at radius 1 is 1.38 bits per heavy atom. The van der Waals surface area contributed by atoms with E-state index in [1.807, 2.05) is 30.3 Å². The van der Waals surface area contributed by atoms with E-state index in [0.29, 0.717) is 0 Å². The topological polar surface area (TPSA) is 85.1 Å². The van der Waals surface area contributed by atoms with Crippen LogP contribution in [0.4, 0.5) is 5.69 Å². The second kappa shape index (κ2) is 6.32. The van der Waals surface area contributed by atoms with Gasteiger partial charge in [0.25, 0.3) is 11.6 Å². The Labute approximate surface area is 125 Å². The van der Waals surface area contributed by atoms with Crippen molar-refractivity contribution in [2.24, 2.45) is 0 Å². The van der Waals surface area contributed by atoms with Gasteiger partial charge in [-0.25, -0.2) is 4.98 Å². The second-order valence-electron chi connectivity index (χ2n) is 4.39. The zero-order valence-corrected chi connectivity index (χ0v) is 11.9. The minimum atomic E-state index is -0.661. The molecule has 7 heteroatoms. The van der Waals surface area contributed by atoms with Crippen LogP contribution < -0.4 is 5.32 Å². The molecule has 0 bridgehead atoms. The summed E-state index contributed by atoms with van der Waals surface area (Å²) in [4.78, 5) is 26.1. The number of hydrogen-bond donors (Lipinski definition) is 1. The van der Waals surface area contributed by atoms with E-state index in [2.05, 4.69) is 10.3 Å². The number of benzene rings is 1. The average Bonchev–Trinajstić information content (AvgIpc) is 2.47. The standard InChI is InChI=1S/C14H12ClN3O3/c1-9(10-5-3-2-4-6-10)17-14(19)11-7-13(15)16-8-12(11)18(20)21/h2-9H,1H3,(H,17,19)/t9-/m1/s1. The highest BCUT2D eigenvalue weighted by Crippen LogP contribution is 2.21. The van der Waals surface area contributed by atoms with Gasteiger partial charge in [0, 0.05) is 0 Å². The van der Waals surface area contributed by atoms with Gasteiger partial charge in [-0.3, -0.25) is 14.9 Å². The van der Waals surface area contributed by atoms with Crippen molar-refractivity contribution < 1.29 is 9.72 Å². The van der Waals surface area contributed by atoms with Gasteiger partial charge in [0.15, 0.2) is 0 Å². The fourth-order valence-electron chi connectivity index (χ4n) is 1.85. The van der Waals surface area contributed by atoms with Gasteiger partial charge in [-0.1, -0.05) is 41.9 Å². The number of hydrogen-bond acceptors (Lipinski definition) is 4. The van der Waals surface area contributed by atoms with Gasteiger partial charge in [-0.2, -0.15) is 0 Å². The number of nitrogens with one attached hydrogen (secondary N) is 1. The largest absolute Gasteiger partial charge is 0.345 e. The third-order valence-corrected chi connectivity index (χ3v) is 3.14. The van der Waals surface area contributed by atoms with Crippen LogP contribution in [0.25, 0.3) is 0 Å². The van der Waals surface area contributed by atoms with Crippen molar-refractivity contribution in [3.05, 3.63) is 69.0 Å². The van der Waals surface area contributed by atoms with E-state index < -0.39 is 10.8 Å². The first-order chi connectivity index (χ1) is 9.99. The molecule has 1 aromatic carbocycles. The first kappa shape index (κ1) is 14.9. The lowest BCUT2D eigenvalue weighted by atomic mass is 10.1. The molecule has 1 aromatic heterocycles. The van der Waals surface area contributed by atoms with Crippen molar-refractivity contribution in [3.63, 3.8) is 0 Å². The summed E-state index contributed by atoms with van der Waals surface area (Å²) >= 11 is 5.71. The number of rotatable bonds is 4. The van der Waals surface area contributed by atoms with Crippen LogP contribution in [0.1, 0.15) is 28.9 Å². The molecule has 1 amide bonds. The van der Waals surface area contributed by atoms with Crippen LogP contribution in [0.5, 0.6) is 0 Å². The highest BCUT2D eigenvalue weighted by Gasteiger charge is 2.22. The zero-order valence-electron chi connectivity index (χ0n) is 11.1. The third-order valence-electron chi connectivity index (χ3n) is 2.94. The zero-order chi connectivity index (χ0) is 15.4. The van der Waals surface area contributed by atoms with Crippen molar-refractivity contribution in [2.75, 3.05) is 0 Å². The van der Waals surface area contributed by atoms with Crippen LogP contribution in [-0.2, 0) is 0 Å². The van der Waals surface area contributed by atoms with Crippen LogP contribution in [0.3, 0.4) is 0 Å². The molecule has 1 atom stereocenters. The maximum absolute atomic E-state index is 12.2. The molecule has 1 heterocycles. The predicted molar refractivity (Wildman–Crippen MR) is 78.2 cm³/mol. The minimum Gasteiger partial charge on any atom is -0.345 e. The van der Waals surface area contributed by atoms with Crippen LogP contribution >= 0.6 is 11.6 Å². The molecule has 2 rings (SSSR count). The van der Waals surface area contributed by atoms with Crippen molar-refractivity contribution in [1.82, 2.24) is 10.3 Å². The summed E-state index contributed by atoms with van der Waals surface area (Å²) in [7, 11) is 0. The molecule has 0 unspecified atom stereocenters. The molecule has 0 aliphatic carbocycles. The Hall–Kier alpha value is -2.47. The van der Waals surface area contributed by atoms with Crippen LogP contribution in [-0.4, -0.2) is 15.8 Å². The monoisotopic (exact) mass is 305 g/mol. The number of aromatic nitrogens is 1. The molecule has 1 N–H and O–H groups in total. The van der Waals surface area contributed by atoms with Gasteiger partial charge >= 0.3 is 0 Å². The Kier molecular flexibility index (Phi) is 4.49. The summed E-state index contributed by atoms with van der Waals surface area (Å²) < 4.78 is 0. The minimum absolute atomic E-state index is 0.0260. The number of nitro groups is 1. The summed E-state index contributed by atoms with van der Waals surface area (Å²) in [6.07, 6.45) is 0.977. The van der Waals surface area contributed by atoms with Gasteiger partial charge in [-0.05, 0) is 18.6 Å². The molecule has 0 saturated carbocycles. The molecule has 6 nitrogen and oxygen atoms in total. The van der Waals surface area contributed by atoms with Gasteiger partial charge < -0.3 is 5.32 Å². The first-order valence-electron chi connectivity index (χ1n) is 6.15. The first-order valence-corrected chi connectivity index (χ1v) is 6.52. The van der Waals surface area contributed by atoms with Crippen molar-refractivity contribution >= 4 is 23.2 Å². The maximum Gasteiger partial charge on any atom is 0.300 e. The van der Waals surface area contributed by atoms with E-state index in [-0.39, 0.29) is 22.4 Å². The highest BCUT2D eigenvalue weighted by molar-refractivity contribution is 6.29. The Bertz CT molecular complexity index is 676. The number of carbonyl (C=O) groups is 1. The van der Waals surface area contributed by atoms with Gasteiger partial charge in [0.2, 0.25) is 0 Å². The summed E-state index contributed by atoms with van der Waals surface area (Å²) in [5.74, 6) is -0.567. The van der Waals surface area contributed by atoms with Gasteiger partial charge in [0.1, 0.15) is 16.9 Å². The highest BCUT2D eigenvalue weighted by atomic mass is 35.5. The van der Waals surface area contributed by atoms with E-state index in [1.165, 1.54) is 6.07 Å². The summed E-state index contributed by atoms with van der Waals surface area (Å²) in [6, 6.07) is 10.2. The molecule has 21 heavy (non-hydrogen) atoms. The molecule has 0 aliphatic rings. The molecule has 108 valence electrons. The predicted octanol–water partition coefficient (Wildman–Crippen LogP) is 3.13. The molecule has 0 radical (unpaired) electrons. The Morgan fingerprint density at radius 3 is 2.67 bits per heavy atom. The number of halogens is 1. The van der Waals surface area contributed by atoms with Crippen molar-refractivity contribution in [3.8, 4) is 0 Å².